The molecule has 0 aromatic heterocycles. The van der Waals surface area contributed by atoms with Crippen LogP contribution in [0, 0.1) is 0 Å². The number of phenols is 12. The molecule has 0 saturated heterocycles. The average molecular weight is 1500 g/mol. The normalized spacial score (nSPS) is 11.8. The van der Waals surface area contributed by atoms with Gasteiger partial charge < -0.3 is 61.3 Å². The molecule has 0 saturated carbocycles. The molecule has 12 nitrogen and oxygen atoms in total. The lowest BCUT2D eigenvalue weighted by Crippen LogP contribution is -2.26. The van der Waals surface area contributed by atoms with Gasteiger partial charge in [-0.15, -0.1) is 0 Å². The van der Waals surface area contributed by atoms with Gasteiger partial charge in [0.15, 0.2) is 0 Å². The van der Waals surface area contributed by atoms with E-state index < -0.39 is 10.8 Å². The summed E-state index contributed by atoms with van der Waals surface area (Å²) in [5, 5.41) is 116. The van der Waals surface area contributed by atoms with Gasteiger partial charge in [-0.3, -0.25) is 0 Å². The molecule has 0 aliphatic rings. The first-order valence-electron chi connectivity index (χ1n) is 37.5. The van der Waals surface area contributed by atoms with Gasteiger partial charge in [0.2, 0.25) is 0 Å². The number of hydrogen-bond acceptors (Lipinski definition) is 12. The second kappa shape index (κ2) is 33.5. The highest BCUT2D eigenvalue weighted by Crippen LogP contribution is 2.46. The molecular weight excluding hydrogens is 1410 g/mol. The Morgan fingerprint density at radius 1 is 0.142 bits per heavy atom. The molecule has 14 aromatic carbocycles. The third-order valence-electron chi connectivity index (χ3n) is 22.5. The summed E-state index contributed by atoms with van der Waals surface area (Å²) in [7, 11) is 0. The summed E-state index contributed by atoms with van der Waals surface area (Å²) in [4.78, 5) is 0. The fraction of sp³-hybridized carbons (Fsp3) is 0.168. The summed E-state index contributed by atoms with van der Waals surface area (Å²) in [6, 6.07) is 102. The van der Waals surface area contributed by atoms with E-state index in [0.29, 0.717) is 0 Å². The zero-order valence-electron chi connectivity index (χ0n) is 65.2. The topological polar surface area (TPSA) is 243 Å². The molecule has 0 spiro atoms. The van der Waals surface area contributed by atoms with Crippen molar-refractivity contribution in [3.8, 4) is 69.0 Å². The van der Waals surface area contributed by atoms with Crippen LogP contribution in [-0.4, -0.2) is 61.3 Å². The molecule has 12 heteroatoms. The van der Waals surface area contributed by atoms with Crippen molar-refractivity contribution in [2.24, 2.45) is 0 Å². The summed E-state index contributed by atoms with van der Waals surface area (Å²) in [6.07, 6.45) is 0. The molecular formula is C101H98O12. The first kappa shape index (κ1) is 80.7. The Bertz CT molecular complexity index is 4980. The zero-order chi connectivity index (χ0) is 81.2. The van der Waals surface area contributed by atoms with E-state index in [1.54, 1.807) is 146 Å². The number of phenolic OH excluding ortho intramolecular Hbond substituents is 12. The minimum Gasteiger partial charge on any atom is -0.508 e. The molecule has 0 bridgehead atoms. The highest BCUT2D eigenvalue weighted by molar-refractivity contribution is 5.57. The predicted octanol–water partition coefficient (Wildman–Crippen LogP) is 22.4. The van der Waals surface area contributed by atoms with E-state index in [9.17, 15) is 61.3 Å². The van der Waals surface area contributed by atoms with Gasteiger partial charge >= 0.3 is 0 Å². The summed E-state index contributed by atoms with van der Waals surface area (Å²) >= 11 is 0. The number of hydrogen-bond donors (Lipinski definition) is 12. The van der Waals surface area contributed by atoms with Crippen LogP contribution < -0.4 is 0 Å². The largest absolute Gasteiger partial charge is 0.508 e. The van der Waals surface area contributed by atoms with Crippen molar-refractivity contribution >= 4 is 0 Å². The Labute approximate surface area is 662 Å². The molecule has 0 radical (unpaired) electrons. The van der Waals surface area contributed by atoms with Crippen LogP contribution in [0.1, 0.15) is 170 Å². The summed E-state index contributed by atoms with van der Waals surface area (Å²) in [6.45, 7) is 21.9. The molecule has 14 rings (SSSR count). The Morgan fingerprint density at radius 3 is 0.398 bits per heavy atom. The molecule has 14 aromatic rings. The minimum absolute atomic E-state index is 0.0400. The minimum atomic E-state index is -0.477. The van der Waals surface area contributed by atoms with Crippen molar-refractivity contribution in [3.63, 3.8) is 0 Å². The maximum atomic E-state index is 9.85. The molecule has 12 N–H and O–H groups in total. The maximum absolute atomic E-state index is 9.85. The van der Waals surface area contributed by atoms with Crippen LogP contribution in [0.15, 0.2) is 334 Å². The van der Waals surface area contributed by atoms with Gasteiger partial charge in [0.25, 0.3) is 0 Å². The fourth-order valence-electron chi connectivity index (χ4n) is 14.7. The lowest BCUT2D eigenvalue weighted by molar-refractivity contribution is 0.472. The van der Waals surface area contributed by atoms with Crippen LogP contribution in [0.3, 0.4) is 0 Å². The molecule has 0 fully saturated rings. The van der Waals surface area contributed by atoms with Gasteiger partial charge in [-0.1, -0.05) is 243 Å². The van der Waals surface area contributed by atoms with E-state index in [1.165, 1.54) is 22.3 Å². The monoisotopic (exact) mass is 1500 g/mol. The summed E-state index contributed by atoms with van der Waals surface area (Å²) in [5.74, 6) is 2.76. The van der Waals surface area contributed by atoms with Crippen LogP contribution in [0.5, 0.6) is 69.0 Å². The molecule has 113 heavy (non-hydrogen) atoms. The summed E-state index contributed by atoms with van der Waals surface area (Å²) in [5.41, 5.74) is 16.4. The SMILES string of the molecule is CC(C)(c1ccc(O)cc1)c1cc(C(C)(C)c2ccc(O)cc2)cc(C(C)(C)c2ccc(O)cc2)c1.CC(C)(c1ccc(O)cc1)c1ccc(C(C)(c2ccc(O)cc2)c2ccc(O)cc2)cc1.CC(c1ccc(O)cc1)(c1ccc(O)cc1)c1ccc(O)cc1.Oc1ccc(C(c2ccc(O)cc2)c2ccc(O)cc2)cc1. The van der Waals surface area contributed by atoms with Gasteiger partial charge in [-0.25, -0.2) is 0 Å². The highest BCUT2D eigenvalue weighted by Gasteiger charge is 2.36. The fourth-order valence-corrected chi connectivity index (χ4v) is 14.7. The van der Waals surface area contributed by atoms with Crippen LogP contribution in [0.4, 0.5) is 0 Å². The van der Waals surface area contributed by atoms with Crippen LogP contribution in [0.25, 0.3) is 0 Å². The smallest absolute Gasteiger partial charge is 0.115 e. The first-order chi connectivity index (χ1) is 53.6. The molecule has 574 valence electrons. The van der Waals surface area contributed by atoms with Crippen molar-refractivity contribution in [2.45, 2.75) is 108 Å². The van der Waals surface area contributed by atoms with E-state index in [-0.39, 0.29) is 96.6 Å². The number of aromatic hydroxyl groups is 12. The van der Waals surface area contributed by atoms with E-state index in [1.807, 2.05) is 146 Å². The standard InChI is InChI=1S/C33H36O3.C29H28O3.C20H18O3.C19H16O3/c1-31(2,22-7-13-28(34)14-8-22)25-19-26(32(3,4)23-9-15-29(35)16-10-23)21-27(20-25)33(5,6)24-11-17-30(36)18-12-24;1-28(2,21-8-14-25(30)15-9-21)20-4-6-22(7-5-20)29(3,23-10-16-26(31)17-11-23)24-12-18-27(32)19-13-24;1-20(14-2-8-17(21)9-3-14,15-4-10-18(22)11-5-15)16-6-12-19(23)13-7-16;20-16-7-1-13(2-8-16)19(14-3-9-17(21)10-4-14)15-5-11-18(22)12-6-15/h7-21,34-36H,1-6H3;4-19,30-32H,1-3H3;2-13,21-23H,1H3;1-12,19-22H. The Hall–Kier alpha value is -13.3. The second-order valence-electron chi connectivity index (χ2n) is 31.3. The van der Waals surface area contributed by atoms with Crippen molar-refractivity contribution in [2.75, 3.05) is 0 Å². The quantitative estimate of drug-likeness (QED) is 0.0381. The van der Waals surface area contributed by atoms with Gasteiger partial charge in [0.05, 0.1) is 0 Å². The average Bonchev–Trinajstić information content (AvgIpc) is 0.760. The van der Waals surface area contributed by atoms with Gasteiger partial charge in [0, 0.05) is 38.4 Å². The third-order valence-corrected chi connectivity index (χ3v) is 22.5. The van der Waals surface area contributed by atoms with E-state index >= 15 is 0 Å². The van der Waals surface area contributed by atoms with Crippen molar-refractivity contribution in [3.05, 3.63) is 428 Å². The zero-order valence-corrected chi connectivity index (χ0v) is 65.2. The Balaban J connectivity index is 0.000000152. The number of benzene rings is 14. The van der Waals surface area contributed by atoms with Crippen molar-refractivity contribution in [1.29, 1.82) is 0 Å². The Morgan fingerprint density at radius 2 is 0.248 bits per heavy atom. The molecule has 0 atom stereocenters. The lowest BCUT2D eigenvalue weighted by atomic mass is 9.69. The molecule has 0 amide bonds. The predicted molar refractivity (Wildman–Crippen MR) is 451 cm³/mol. The van der Waals surface area contributed by atoms with Crippen LogP contribution in [-0.2, 0) is 32.5 Å². The van der Waals surface area contributed by atoms with Crippen molar-refractivity contribution < 1.29 is 61.3 Å². The maximum Gasteiger partial charge on any atom is 0.115 e. The van der Waals surface area contributed by atoms with Gasteiger partial charge in [-0.05, 0) is 254 Å². The summed E-state index contributed by atoms with van der Waals surface area (Å²) < 4.78 is 0. The van der Waals surface area contributed by atoms with E-state index in [0.717, 1.165) is 72.3 Å². The van der Waals surface area contributed by atoms with E-state index in [2.05, 4.69) is 112 Å². The van der Waals surface area contributed by atoms with E-state index in [4.69, 9.17) is 0 Å². The lowest BCUT2D eigenvalue weighted by Gasteiger charge is -2.35. The van der Waals surface area contributed by atoms with Crippen LogP contribution >= 0.6 is 0 Å². The van der Waals surface area contributed by atoms with Gasteiger partial charge in [-0.2, -0.15) is 0 Å². The number of rotatable bonds is 17. The molecule has 0 unspecified atom stereocenters. The molecule has 0 heterocycles. The highest BCUT2D eigenvalue weighted by atomic mass is 16.3. The first-order valence-corrected chi connectivity index (χ1v) is 37.5. The Kier molecular flexibility index (Phi) is 23.9. The molecule has 0 aliphatic carbocycles. The van der Waals surface area contributed by atoms with Gasteiger partial charge in [0.1, 0.15) is 69.0 Å². The van der Waals surface area contributed by atoms with Crippen LogP contribution in [0.2, 0.25) is 0 Å². The molecule has 0 aliphatic heterocycles. The second-order valence-corrected chi connectivity index (χ2v) is 31.3. The third kappa shape index (κ3) is 18.3. The van der Waals surface area contributed by atoms with Crippen molar-refractivity contribution in [1.82, 2.24) is 0 Å².